The second-order valence-electron chi connectivity index (χ2n) is 6.27. The van der Waals surface area contributed by atoms with Crippen LogP contribution in [-0.2, 0) is 23.9 Å². The van der Waals surface area contributed by atoms with Crippen LogP contribution in [0, 0.1) is 0 Å². The molecule has 2 atom stereocenters. The molecule has 0 aromatic heterocycles. The van der Waals surface area contributed by atoms with Gasteiger partial charge in [0.05, 0.1) is 40.4 Å². The van der Waals surface area contributed by atoms with E-state index in [0.717, 1.165) is 0 Å². The fourth-order valence-electron chi connectivity index (χ4n) is 1.88. The molecule has 0 spiro atoms. The van der Waals surface area contributed by atoms with E-state index in [0.29, 0.717) is 0 Å². The van der Waals surface area contributed by atoms with Crippen molar-refractivity contribution in [1.82, 2.24) is 0 Å². The number of carboxylic acid groups (broad SMARTS) is 3. The molecule has 0 saturated heterocycles. The minimum atomic E-state index is -2.81. The molecule has 1 unspecified atom stereocenters. The maximum absolute atomic E-state index is 11.8. The molecule has 0 aliphatic carbocycles. The number of likely N-dealkylation sites (N-methyl/N-ethyl adjacent to an activating group) is 1. The Morgan fingerprint density at radius 1 is 1.00 bits per heavy atom. The van der Waals surface area contributed by atoms with Crippen molar-refractivity contribution in [2.75, 3.05) is 27.7 Å². The van der Waals surface area contributed by atoms with Gasteiger partial charge in [-0.2, -0.15) is 0 Å². The van der Waals surface area contributed by atoms with E-state index in [2.05, 4.69) is 0 Å². The Morgan fingerprint density at radius 2 is 1.50 bits per heavy atom. The van der Waals surface area contributed by atoms with Gasteiger partial charge in [-0.3, -0.25) is 14.4 Å². The van der Waals surface area contributed by atoms with Crippen molar-refractivity contribution >= 4 is 61.6 Å². The van der Waals surface area contributed by atoms with Gasteiger partial charge in [0.2, 0.25) is 0 Å². The van der Waals surface area contributed by atoms with Gasteiger partial charge in [-0.05, 0) is 0 Å². The van der Waals surface area contributed by atoms with E-state index in [1.807, 2.05) is 0 Å². The van der Waals surface area contributed by atoms with E-state index in [1.165, 1.54) is 0 Å². The van der Waals surface area contributed by atoms with Crippen LogP contribution in [0.1, 0.15) is 19.3 Å². The maximum atomic E-state index is 11.8. The van der Waals surface area contributed by atoms with Gasteiger partial charge in [0, 0.05) is 0 Å². The number of carbonyl (C=O) groups is 4. The topological polar surface area (TPSA) is 158 Å². The second kappa shape index (κ2) is 10.1. The summed E-state index contributed by atoms with van der Waals surface area (Å²) >= 11 is 0. The zero-order chi connectivity index (χ0) is 18.4. The van der Waals surface area contributed by atoms with Crippen LogP contribution in [0.3, 0.4) is 0 Å². The number of hydrogen-bond donors (Lipinski definition) is 4. The summed E-state index contributed by atoms with van der Waals surface area (Å²) in [4.78, 5) is 44.1. The standard InChI is InChI=1S/C13H21NO9.Ca.2H/c1-14(2,3)7-8(4-9(15)16)23-11(19)6-13(22,12(20)21)5-10(17)18;;;/h8,22H,4-7H2,1-3H3,(H2-,15,16,17,18,20,21);;;/p+1/t8-,13?;;;/m1.../s1. The van der Waals surface area contributed by atoms with Crippen LogP contribution in [0.25, 0.3) is 0 Å². The summed E-state index contributed by atoms with van der Waals surface area (Å²) in [5.41, 5.74) is -2.81. The summed E-state index contributed by atoms with van der Waals surface area (Å²) in [6.07, 6.45) is -3.81. The van der Waals surface area contributed by atoms with Crippen LogP contribution in [-0.4, -0.2) is 126 Å². The Kier molecular flexibility index (Phi) is 10.7. The van der Waals surface area contributed by atoms with Crippen LogP contribution in [0.15, 0.2) is 0 Å². The molecular weight excluding hydrogens is 354 g/mol. The molecule has 0 aromatic rings. The normalized spacial score (nSPS) is 14.7. The van der Waals surface area contributed by atoms with Gasteiger partial charge in [-0.1, -0.05) is 0 Å². The van der Waals surface area contributed by atoms with E-state index in [4.69, 9.17) is 20.1 Å². The van der Waals surface area contributed by atoms with Crippen molar-refractivity contribution in [2.24, 2.45) is 0 Å². The zero-order valence-corrected chi connectivity index (χ0v) is 13.2. The molecule has 0 aliphatic rings. The summed E-state index contributed by atoms with van der Waals surface area (Å²) < 4.78 is 5.19. The third-order valence-electron chi connectivity index (χ3n) is 2.73. The Labute approximate surface area is 168 Å². The second-order valence-corrected chi connectivity index (χ2v) is 6.27. The third kappa shape index (κ3) is 10.8. The summed E-state index contributed by atoms with van der Waals surface area (Å²) in [7, 11) is 5.21. The Bertz CT molecular complexity index is 488. The van der Waals surface area contributed by atoms with Crippen LogP contribution in [0.2, 0.25) is 0 Å². The fourth-order valence-corrected chi connectivity index (χ4v) is 1.88. The molecular formula is C13H24CaNO9+. The number of hydrogen-bond acceptors (Lipinski definition) is 6. The van der Waals surface area contributed by atoms with Crippen molar-refractivity contribution in [3.63, 3.8) is 0 Å². The number of carboxylic acids is 3. The number of aliphatic hydroxyl groups is 1. The van der Waals surface area contributed by atoms with E-state index >= 15 is 0 Å². The molecule has 24 heavy (non-hydrogen) atoms. The van der Waals surface area contributed by atoms with E-state index in [1.54, 1.807) is 21.1 Å². The zero-order valence-electron chi connectivity index (χ0n) is 13.2. The summed E-state index contributed by atoms with van der Waals surface area (Å²) in [6.45, 7) is 0.141. The minimum absolute atomic E-state index is 0. The molecule has 0 aromatic carbocycles. The van der Waals surface area contributed by atoms with Crippen LogP contribution in [0.4, 0.5) is 0 Å². The number of esters is 1. The van der Waals surface area contributed by atoms with Crippen molar-refractivity contribution < 1.29 is 48.8 Å². The number of nitrogens with zero attached hydrogens (tertiary/aromatic N) is 1. The Morgan fingerprint density at radius 3 is 1.83 bits per heavy atom. The van der Waals surface area contributed by atoms with E-state index in [-0.39, 0.29) is 48.8 Å². The SMILES string of the molecule is C[N+](C)(C)C[C@@H](CC(=O)O)OC(=O)CC(O)(CC(=O)O)C(=O)O.[CaH2]. The van der Waals surface area contributed by atoms with Crippen LogP contribution >= 0.6 is 0 Å². The summed E-state index contributed by atoms with van der Waals surface area (Å²) in [6, 6.07) is 0. The molecule has 0 heterocycles. The quantitative estimate of drug-likeness (QED) is 0.189. The first kappa shape index (κ1) is 25.3. The summed E-state index contributed by atoms with van der Waals surface area (Å²) in [5.74, 6) is -5.87. The third-order valence-corrected chi connectivity index (χ3v) is 2.73. The van der Waals surface area contributed by atoms with Gasteiger partial charge in [0.15, 0.2) is 11.7 Å². The number of carbonyl (C=O) groups excluding carboxylic acids is 1. The predicted octanol–water partition coefficient (Wildman–Crippen LogP) is -2.16. The number of rotatable bonds is 10. The average molecular weight is 378 g/mol. The average Bonchev–Trinajstić information content (AvgIpc) is 2.22. The molecule has 0 rings (SSSR count). The van der Waals surface area contributed by atoms with Gasteiger partial charge in [-0.25, -0.2) is 4.79 Å². The van der Waals surface area contributed by atoms with E-state index in [9.17, 15) is 24.3 Å². The van der Waals surface area contributed by atoms with Gasteiger partial charge in [0.1, 0.15) is 6.54 Å². The van der Waals surface area contributed by atoms with Crippen molar-refractivity contribution in [2.45, 2.75) is 31.0 Å². The first-order valence-electron chi connectivity index (χ1n) is 6.64. The van der Waals surface area contributed by atoms with Crippen LogP contribution < -0.4 is 0 Å². The first-order valence-corrected chi connectivity index (χ1v) is 6.64. The van der Waals surface area contributed by atoms with Crippen LogP contribution in [0.5, 0.6) is 0 Å². The van der Waals surface area contributed by atoms with Gasteiger partial charge in [-0.15, -0.1) is 0 Å². The van der Waals surface area contributed by atoms with Crippen molar-refractivity contribution in [3.05, 3.63) is 0 Å². The van der Waals surface area contributed by atoms with Gasteiger partial charge in [0.25, 0.3) is 0 Å². The molecule has 11 heteroatoms. The van der Waals surface area contributed by atoms with Crippen molar-refractivity contribution in [1.29, 1.82) is 0 Å². The molecule has 0 fully saturated rings. The van der Waals surface area contributed by atoms with E-state index < -0.39 is 54.8 Å². The monoisotopic (exact) mass is 378 g/mol. The molecule has 136 valence electrons. The van der Waals surface area contributed by atoms with Crippen molar-refractivity contribution in [3.8, 4) is 0 Å². The molecule has 0 saturated carbocycles. The molecule has 0 amide bonds. The van der Waals surface area contributed by atoms with Gasteiger partial charge < -0.3 is 29.6 Å². The molecule has 10 nitrogen and oxygen atoms in total. The molecule has 0 aliphatic heterocycles. The first-order chi connectivity index (χ1) is 10.2. The summed E-state index contributed by atoms with van der Waals surface area (Å²) in [5, 5.41) is 36.1. The molecule has 0 bridgehead atoms. The molecule has 4 N–H and O–H groups in total. The fraction of sp³-hybridized carbons (Fsp3) is 0.692. The van der Waals surface area contributed by atoms with Gasteiger partial charge >= 0.3 is 61.6 Å². The molecule has 0 radical (unpaired) electrons. The number of quaternary nitrogens is 1. The Hall–Kier alpha value is -0.940. The Balaban J connectivity index is 0. The predicted molar refractivity (Wildman–Crippen MR) is 83.0 cm³/mol. The number of aliphatic carboxylic acids is 3. The number of ether oxygens (including phenoxy) is 1.